The quantitative estimate of drug-likeness (QED) is 0.658. The lowest BCUT2D eigenvalue weighted by molar-refractivity contribution is 0.0785. The SMILES string of the molecule is CSc1ccc(CN(C)C(=O)c2ccc(S(=O)(=O)N(C)C(C)C)cc2)cc1. The van der Waals surface area contributed by atoms with Crippen molar-refractivity contribution in [1.82, 2.24) is 9.21 Å². The summed E-state index contributed by atoms with van der Waals surface area (Å²) < 4.78 is 26.3. The second kappa shape index (κ2) is 8.91. The molecule has 0 aliphatic heterocycles. The molecule has 0 saturated heterocycles. The minimum atomic E-state index is -3.55. The molecule has 1 amide bonds. The van der Waals surface area contributed by atoms with Crippen LogP contribution in [-0.2, 0) is 16.6 Å². The monoisotopic (exact) mass is 406 g/mol. The molecule has 0 unspecified atom stereocenters. The molecule has 0 saturated carbocycles. The number of sulfonamides is 1. The smallest absolute Gasteiger partial charge is 0.253 e. The van der Waals surface area contributed by atoms with Gasteiger partial charge < -0.3 is 4.90 Å². The van der Waals surface area contributed by atoms with E-state index < -0.39 is 10.0 Å². The Hall–Kier alpha value is -1.83. The van der Waals surface area contributed by atoms with E-state index in [2.05, 4.69) is 0 Å². The number of carbonyl (C=O) groups excluding carboxylic acids is 1. The van der Waals surface area contributed by atoms with Gasteiger partial charge in [-0.3, -0.25) is 4.79 Å². The minimum absolute atomic E-state index is 0.139. The number of rotatable bonds is 7. The molecule has 0 aliphatic carbocycles. The van der Waals surface area contributed by atoms with Crippen LogP contribution in [0.2, 0.25) is 0 Å². The molecule has 0 fully saturated rings. The molecule has 2 rings (SSSR count). The maximum absolute atomic E-state index is 12.6. The summed E-state index contributed by atoms with van der Waals surface area (Å²) in [6.07, 6.45) is 2.02. The Bertz CT molecular complexity index is 876. The summed E-state index contributed by atoms with van der Waals surface area (Å²) in [5.41, 5.74) is 1.51. The maximum atomic E-state index is 12.6. The van der Waals surface area contributed by atoms with Gasteiger partial charge in [0, 0.05) is 37.1 Å². The van der Waals surface area contributed by atoms with Crippen LogP contribution in [0.4, 0.5) is 0 Å². The Morgan fingerprint density at radius 3 is 2.04 bits per heavy atom. The Morgan fingerprint density at radius 2 is 1.56 bits per heavy atom. The zero-order valence-electron chi connectivity index (χ0n) is 16.3. The van der Waals surface area contributed by atoms with Crippen molar-refractivity contribution in [3.63, 3.8) is 0 Å². The molecule has 27 heavy (non-hydrogen) atoms. The van der Waals surface area contributed by atoms with Gasteiger partial charge in [0.05, 0.1) is 4.90 Å². The van der Waals surface area contributed by atoms with Gasteiger partial charge in [0.1, 0.15) is 0 Å². The van der Waals surface area contributed by atoms with Crippen molar-refractivity contribution in [2.24, 2.45) is 0 Å². The van der Waals surface area contributed by atoms with Gasteiger partial charge in [-0.2, -0.15) is 4.31 Å². The average molecular weight is 407 g/mol. The highest BCUT2D eigenvalue weighted by molar-refractivity contribution is 7.98. The van der Waals surface area contributed by atoms with E-state index in [9.17, 15) is 13.2 Å². The van der Waals surface area contributed by atoms with Crippen LogP contribution in [-0.4, -0.2) is 49.9 Å². The van der Waals surface area contributed by atoms with Gasteiger partial charge in [0.15, 0.2) is 0 Å². The zero-order chi connectivity index (χ0) is 20.2. The van der Waals surface area contributed by atoms with Crippen LogP contribution in [0.3, 0.4) is 0 Å². The number of carbonyl (C=O) groups is 1. The Balaban J connectivity index is 2.12. The number of hydrogen-bond acceptors (Lipinski definition) is 4. The average Bonchev–Trinajstić information content (AvgIpc) is 2.67. The molecule has 0 spiro atoms. The van der Waals surface area contributed by atoms with E-state index in [-0.39, 0.29) is 16.8 Å². The molecule has 2 aromatic rings. The number of thioether (sulfide) groups is 1. The van der Waals surface area contributed by atoms with Crippen molar-refractivity contribution < 1.29 is 13.2 Å². The van der Waals surface area contributed by atoms with E-state index >= 15 is 0 Å². The molecule has 146 valence electrons. The van der Waals surface area contributed by atoms with Crippen LogP contribution in [0.15, 0.2) is 58.3 Å². The number of amides is 1. The van der Waals surface area contributed by atoms with Crippen LogP contribution >= 0.6 is 11.8 Å². The lowest BCUT2D eigenvalue weighted by Gasteiger charge is -2.21. The van der Waals surface area contributed by atoms with Crippen molar-refractivity contribution in [3.05, 3.63) is 59.7 Å². The second-order valence-corrected chi connectivity index (χ2v) is 9.53. The summed E-state index contributed by atoms with van der Waals surface area (Å²) >= 11 is 1.67. The van der Waals surface area contributed by atoms with Gasteiger partial charge in [0.25, 0.3) is 5.91 Å². The summed E-state index contributed by atoms with van der Waals surface area (Å²) in [5.74, 6) is -0.148. The van der Waals surface area contributed by atoms with Crippen LogP contribution < -0.4 is 0 Å². The van der Waals surface area contributed by atoms with Crippen LogP contribution in [0.5, 0.6) is 0 Å². The fourth-order valence-electron chi connectivity index (χ4n) is 2.51. The molecular weight excluding hydrogens is 380 g/mol. The molecule has 2 aromatic carbocycles. The molecule has 0 heterocycles. The van der Waals surface area contributed by atoms with Crippen LogP contribution in [0.1, 0.15) is 29.8 Å². The van der Waals surface area contributed by atoms with E-state index in [1.807, 2.05) is 44.4 Å². The van der Waals surface area contributed by atoms with Gasteiger partial charge in [0.2, 0.25) is 10.0 Å². The molecule has 0 aliphatic rings. The first-order valence-corrected chi connectivity index (χ1v) is 11.3. The summed E-state index contributed by atoms with van der Waals surface area (Å²) in [6, 6.07) is 14.0. The normalized spacial score (nSPS) is 11.8. The Kier molecular flexibility index (Phi) is 7.08. The summed E-state index contributed by atoms with van der Waals surface area (Å²) in [7, 11) is -0.261. The molecule has 0 N–H and O–H groups in total. The lowest BCUT2D eigenvalue weighted by Crippen LogP contribution is -2.33. The van der Waals surface area contributed by atoms with E-state index in [1.165, 1.54) is 21.3 Å². The van der Waals surface area contributed by atoms with Crippen LogP contribution in [0, 0.1) is 0 Å². The number of nitrogens with zero attached hydrogens (tertiary/aromatic N) is 2. The van der Waals surface area contributed by atoms with Gasteiger partial charge in [-0.15, -0.1) is 11.8 Å². The van der Waals surface area contributed by atoms with Gasteiger partial charge >= 0.3 is 0 Å². The highest BCUT2D eigenvalue weighted by atomic mass is 32.2. The van der Waals surface area contributed by atoms with Crippen molar-refractivity contribution in [2.45, 2.75) is 36.2 Å². The molecule has 0 aromatic heterocycles. The highest BCUT2D eigenvalue weighted by Gasteiger charge is 2.23. The first kappa shape index (κ1) is 21.5. The molecule has 7 heteroatoms. The Morgan fingerprint density at radius 1 is 1.00 bits per heavy atom. The third-order valence-electron chi connectivity index (χ3n) is 4.43. The van der Waals surface area contributed by atoms with Crippen molar-refractivity contribution in [1.29, 1.82) is 0 Å². The predicted octanol–water partition coefficient (Wildman–Crippen LogP) is 3.71. The lowest BCUT2D eigenvalue weighted by atomic mass is 10.1. The van der Waals surface area contributed by atoms with Crippen molar-refractivity contribution >= 4 is 27.7 Å². The number of benzene rings is 2. The first-order valence-electron chi connectivity index (χ1n) is 8.63. The van der Waals surface area contributed by atoms with Crippen molar-refractivity contribution in [2.75, 3.05) is 20.4 Å². The van der Waals surface area contributed by atoms with E-state index in [1.54, 1.807) is 42.9 Å². The Labute approximate surface area is 166 Å². The molecular formula is C20H26N2O3S2. The third kappa shape index (κ3) is 5.12. The predicted molar refractivity (Wildman–Crippen MR) is 111 cm³/mol. The summed E-state index contributed by atoms with van der Waals surface area (Å²) in [6.45, 7) is 4.12. The largest absolute Gasteiger partial charge is 0.337 e. The van der Waals surface area contributed by atoms with E-state index in [0.29, 0.717) is 12.1 Å². The fourth-order valence-corrected chi connectivity index (χ4v) is 4.29. The summed E-state index contributed by atoms with van der Waals surface area (Å²) in [4.78, 5) is 15.6. The topological polar surface area (TPSA) is 57.7 Å². The minimum Gasteiger partial charge on any atom is -0.337 e. The molecule has 0 bridgehead atoms. The highest BCUT2D eigenvalue weighted by Crippen LogP contribution is 2.19. The first-order chi connectivity index (χ1) is 12.7. The molecule has 5 nitrogen and oxygen atoms in total. The van der Waals surface area contributed by atoms with Crippen LogP contribution in [0.25, 0.3) is 0 Å². The van der Waals surface area contributed by atoms with E-state index in [0.717, 1.165) is 5.56 Å². The fraction of sp³-hybridized carbons (Fsp3) is 0.350. The molecule has 0 atom stereocenters. The zero-order valence-corrected chi connectivity index (χ0v) is 18.0. The molecule has 0 radical (unpaired) electrons. The van der Waals surface area contributed by atoms with Gasteiger partial charge in [-0.1, -0.05) is 12.1 Å². The van der Waals surface area contributed by atoms with Crippen molar-refractivity contribution in [3.8, 4) is 0 Å². The summed E-state index contributed by atoms with van der Waals surface area (Å²) in [5, 5.41) is 0. The third-order valence-corrected chi connectivity index (χ3v) is 7.22. The standard InChI is InChI=1S/C20H26N2O3S2/c1-15(2)22(4)27(24,25)19-12-8-17(9-13-19)20(23)21(3)14-16-6-10-18(26-5)11-7-16/h6-13,15H,14H2,1-5H3. The van der Waals surface area contributed by atoms with Gasteiger partial charge in [-0.05, 0) is 62.1 Å². The number of hydrogen-bond donors (Lipinski definition) is 0. The maximum Gasteiger partial charge on any atom is 0.253 e. The second-order valence-electron chi connectivity index (χ2n) is 6.65. The van der Waals surface area contributed by atoms with Gasteiger partial charge in [-0.25, -0.2) is 8.42 Å². The van der Waals surface area contributed by atoms with E-state index in [4.69, 9.17) is 0 Å².